The third-order valence-electron chi connectivity index (χ3n) is 1.68. The Kier molecular flexibility index (Phi) is 4.47. The summed E-state index contributed by atoms with van der Waals surface area (Å²) in [6.07, 6.45) is 0. The molecule has 0 atom stereocenters. The van der Waals surface area contributed by atoms with Crippen molar-refractivity contribution in [3.8, 4) is 5.75 Å². The van der Waals surface area contributed by atoms with Crippen molar-refractivity contribution in [3.63, 3.8) is 0 Å². The Morgan fingerprint density at radius 1 is 1.25 bits per heavy atom. The Balaban J connectivity index is 2.57. The highest BCUT2D eigenvalue weighted by molar-refractivity contribution is 5.91. The lowest BCUT2D eigenvalue weighted by atomic mass is 10.3. The van der Waals surface area contributed by atoms with Crippen LogP contribution >= 0.6 is 0 Å². The van der Waals surface area contributed by atoms with E-state index in [4.69, 9.17) is 4.74 Å². The largest absolute Gasteiger partial charge is 0.427 e. The second-order valence-corrected chi connectivity index (χ2v) is 3.10. The first-order valence-electron chi connectivity index (χ1n) is 4.69. The lowest BCUT2D eigenvalue weighted by molar-refractivity contribution is -0.131. The van der Waals surface area contributed by atoms with Gasteiger partial charge in [-0.3, -0.25) is 9.59 Å². The van der Waals surface area contributed by atoms with Crippen molar-refractivity contribution in [2.45, 2.75) is 6.92 Å². The van der Waals surface area contributed by atoms with Gasteiger partial charge in [0.15, 0.2) is 0 Å². The van der Waals surface area contributed by atoms with Crippen LogP contribution in [-0.4, -0.2) is 25.6 Å². The molecule has 0 saturated carbocycles. The van der Waals surface area contributed by atoms with Gasteiger partial charge in [-0.1, -0.05) is 0 Å². The van der Waals surface area contributed by atoms with Crippen molar-refractivity contribution < 1.29 is 19.1 Å². The number of hydrogen-bond acceptors (Lipinski definition) is 4. The summed E-state index contributed by atoms with van der Waals surface area (Å²) >= 11 is 0. The average Bonchev–Trinajstić information content (AvgIpc) is 2.20. The molecule has 16 heavy (non-hydrogen) atoms. The number of ether oxygens (including phenoxy) is 2. The van der Waals surface area contributed by atoms with Gasteiger partial charge in [-0.2, -0.15) is 0 Å². The minimum Gasteiger partial charge on any atom is -0.427 e. The van der Waals surface area contributed by atoms with E-state index in [9.17, 15) is 9.59 Å². The number of rotatable bonds is 4. The Morgan fingerprint density at radius 3 is 2.38 bits per heavy atom. The molecule has 0 unspecified atom stereocenters. The monoisotopic (exact) mass is 223 g/mol. The van der Waals surface area contributed by atoms with Gasteiger partial charge in [-0.05, 0) is 24.3 Å². The fourth-order valence-corrected chi connectivity index (χ4v) is 1.10. The van der Waals surface area contributed by atoms with E-state index in [2.05, 4.69) is 10.1 Å². The molecule has 5 nitrogen and oxygen atoms in total. The van der Waals surface area contributed by atoms with E-state index in [1.807, 2.05) is 0 Å². The van der Waals surface area contributed by atoms with Crippen LogP contribution in [0, 0.1) is 0 Å². The van der Waals surface area contributed by atoms with E-state index < -0.39 is 0 Å². The molecule has 5 heteroatoms. The van der Waals surface area contributed by atoms with E-state index in [-0.39, 0.29) is 18.5 Å². The molecular weight excluding hydrogens is 210 g/mol. The molecule has 1 N–H and O–H groups in total. The number of hydrogen-bond donors (Lipinski definition) is 1. The van der Waals surface area contributed by atoms with E-state index in [1.54, 1.807) is 24.3 Å². The lowest BCUT2D eigenvalue weighted by Crippen LogP contribution is -2.16. The van der Waals surface area contributed by atoms with Gasteiger partial charge in [0.05, 0.1) is 0 Å². The lowest BCUT2D eigenvalue weighted by Gasteiger charge is -2.05. The van der Waals surface area contributed by atoms with Crippen molar-refractivity contribution >= 4 is 17.6 Å². The molecule has 0 spiro atoms. The zero-order valence-electron chi connectivity index (χ0n) is 9.15. The first-order valence-corrected chi connectivity index (χ1v) is 4.69. The van der Waals surface area contributed by atoms with E-state index >= 15 is 0 Å². The van der Waals surface area contributed by atoms with Crippen LogP contribution in [0.1, 0.15) is 6.92 Å². The van der Waals surface area contributed by atoms with E-state index in [0.29, 0.717) is 11.4 Å². The smallest absolute Gasteiger partial charge is 0.308 e. The molecule has 1 aromatic carbocycles. The second-order valence-electron chi connectivity index (χ2n) is 3.10. The number of carbonyl (C=O) groups excluding carboxylic acids is 2. The Morgan fingerprint density at radius 2 is 1.88 bits per heavy atom. The summed E-state index contributed by atoms with van der Waals surface area (Å²) in [6.45, 7) is 1.33. The molecule has 0 fully saturated rings. The summed E-state index contributed by atoms with van der Waals surface area (Å²) in [5.41, 5.74) is 0.623. The normalized spacial score (nSPS) is 9.62. The maximum Gasteiger partial charge on any atom is 0.308 e. The fraction of sp³-hybridized carbons (Fsp3) is 0.273. The summed E-state index contributed by atoms with van der Waals surface area (Å²) in [5.74, 6) is -0.170. The molecule has 0 heterocycles. The van der Waals surface area contributed by atoms with Crippen LogP contribution in [0.2, 0.25) is 0 Å². The standard InChI is InChI=1S/C11H13NO4/c1-8(13)16-10-5-3-9(4-6-10)12-11(14)7-15-2/h3-6H,7H2,1-2H3,(H,12,14). The van der Waals surface area contributed by atoms with Crippen LogP contribution in [0.3, 0.4) is 0 Å². The molecule has 86 valence electrons. The van der Waals surface area contributed by atoms with Crippen LogP contribution < -0.4 is 10.1 Å². The van der Waals surface area contributed by atoms with E-state index in [1.165, 1.54) is 14.0 Å². The molecule has 0 aliphatic heterocycles. The first-order chi connectivity index (χ1) is 7.61. The maximum atomic E-state index is 11.2. The van der Waals surface area contributed by atoms with Crippen molar-refractivity contribution in [2.24, 2.45) is 0 Å². The predicted molar refractivity (Wildman–Crippen MR) is 58.3 cm³/mol. The van der Waals surface area contributed by atoms with Crippen molar-refractivity contribution in [2.75, 3.05) is 19.0 Å². The number of methoxy groups -OCH3 is 1. The number of anilines is 1. The van der Waals surface area contributed by atoms with Crippen LogP contribution in [0.5, 0.6) is 5.75 Å². The third kappa shape index (κ3) is 4.10. The van der Waals surface area contributed by atoms with Crippen LogP contribution in [-0.2, 0) is 14.3 Å². The summed E-state index contributed by atoms with van der Waals surface area (Å²) < 4.78 is 9.52. The molecule has 0 saturated heterocycles. The average molecular weight is 223 g/mol. The number of carbonyl (C=O) groups is 2. The van der Waals surface area contributed by atoms with Crippen molar-refractivity contribution in [1.29, 1.82) is 0 Å². The molecule has 0 aliphatic rings. The van der Waals surface area contributed by atoms with Gasteiger partial charge in [0.2, 0.25) is 5.91 Å². The van der Waals surface area contributed by atoms with Gasteiger partial charge in [0.25, 0.3) is 0 Å². The molecule has 1 rings (SSSR count). The van der Waals surface area contributed by atoms with Gasteiger partial charge in [-0.25, -0.2) is 0 Å². The summed E-state index contributed by atoms with van der Waals surface area (Å²) in [5, 5.41) is 2.62. The highest BCUT2D eigenvalue weighted by Crippen LogP contribution is 2.15. The summed E-state index contributed by atoms with van der Waals surface area (Å²) in [4.78, 5) is 21.8. The first kappa shape index (κ1) is 12.2. The predicted octanol–water partition coefficient (Wildman–Crippen LogP) is 1.20. The third-order valence-corrected chi connectivity index (χ3v) is 1.68. The summed E-state index contributed by atoms with van der Waals surface area (Å²) in [7, 11) is 1.45. The van der Waals surface area contributed by atoms with Crippen LogP contribution in [0.15, 0.2) is 24.3 Å². The van der Waals surface area contributed by atoms with Crippen LogP contribution in [0.4, 0.5) is 5.69 Å². The summed E-state index contributed by atoms with van der Waals surface area (Å²) in [6, 6.07) is 6.49. The van der Waals surface area contributed by atoms with Gasteiger partial charge in [-0.15, -0.1) is 0 Å². The van der Waals surface area contributed by atoms with Crippen molar-refractivity contribution in [1.82, 2.24) is 0 Å². The van der Waals surface area contributed by atoms with Gasteiger partial charge in [0, 0.05) is 19.7 Å². The van der Waals surface area contributed by atoms with Crippen molar-refractivity contribution in [3.05, 3.63) is 24.3 Å². The number of amides is 1. The quantitative estimate of drug-likeness (QED) is 0.615. The van der Waals surface area contributed by atoms with Crippen LogP contribution in [0.25, 0.3) is 0 Å². The minimum absolute atomic E-state index is 0.00565. The van der Waals surface area contributed by atoms with Gasteiger partial charge < -0.3 is 14.8 Å². The molecule has 0 aromatic heterocycles. The van der Waals surface area contributed by atoms with E-state index in [0.717, 1.165) is 0 Å². The molecule has 1 amide bonds. The zero-order valence-corrected chi connectivity index (χ0v) is 9.15. The Bertz CT molecular complexity index is 372. The maximum absolute atomic E-state index is 11.2. The number of esters is 1. The van der Waals surface area contributed by atoms with Gasteiger partial charge >= 0.3 is 5.97 Å². The number of nitrogens with one attached hydrogen (secondary N) is 1. The molecule has 0 radical (unpaired) electrons. The highest BCUT2D eigenvalue weighted by atomic mass is 16.5. The number of benzene rings is 1. The second kappa shape index (κ2) is 5.87. The molecular formula is C11H13NO4. The minimum atomic E-state index is -0.379. The molecule has 1 aromatic rings. The topological polar surface area (TPSA) is 64.6 Å². The fourth-order valence-electron chi connectivity index (χ4n) is 1.10. The van der Waals surface area contributed by atoms with Gasteiger partial charge in [0.1, 0.15) is 12.4 Å². The molecule has 0 bridgehead atoms. The molecule has 0 aliphatic carbocycles. The Hall–Kier alpha value is -1.88. The highest BCUT2D eigenvalue weighted by Gasteiger charge is 2.02. The zero-order chi connectivity index (χ0) is 12.0. The Labute approximate surface area is 93.4 Å². The SMILES string of the molecule is COCC(=O)Nc1ccc(OC(C)=O)cc1.